The lowest BCUT2D eigenvalue weighted by atomic mass is 10.1. The summed E-state index contributed by atoms with van der Waals surface area (Å²) in [6.07, 6.45) is -0.266. The van der Waals surface area contributed by atoms with Crippen LogP contribution >= 0.6 is 11.6 Å². The van der Waals surface area contributed by atoms with Crippen molar-refractivity contribution < 1.29 is 14.5 Å². The normalized spacial score (nSPS) is 9.47. The Hall–Kier alpha value is -2.13. The topological polar surface area (TPSA) is 93.2 Å². The van der Waals surface area contributed by atoms with Crippen molar-refractivity contribution in [2.24, 2.45) is 0 Å². The van der Waals surface area contributed by atoms with Crippen LogP contribution in [0.5, 0.6) is 0 Å². The van der Waals surface area contributed by atoms with Crippen molar-refractivity contribution in [3.05, 3.63) is 38.4 Å². The number of carbonyl (C=O) groups is 1. The van der Waals surface area contributed by atoms with Crippen LogP contribution in [0.2, 0.25) is 5.02 Å². The SMILES string of the molecule is COC(=O)Cc1ccc(C#N)c(Cl)c1[N+](=O)[O-]. The van der Waals surface area contributed by atoms with Gasteiger partial charge >= 0.3 is 5.97 Å². The molecule has 1 aromatic rings. The molecule has 1 rings (SSSR count). The van der Waals surface area contributed by atoms with Crippen molar-refractivity contribution in [1.82, 2.24) is 0 Å². The molecule has 0 aliphatic carbocycles. The lowest BCUT2D eigenvalue weighted by Gasteiger charge is -2.04. The number of ether oxygens (including phenoxy) is 1. The molecule has 0 bridgehead atoms. The van der Waals surface area contributed by atoms with Crippen molar-refractivity contribution >= 4 is 23.3 Å². The van der Waals surface area contributed by atoms with Crippen LogP contribution in [0.4, 0.5) is 5.69 Å². The first-order valence-electron chi connectivity index (χ1n) is 4.44. The average Bonchev–Trinajstić information content (AvgIpc) is 2.28. The van der Waals surface area contributed by atoms with Gasteiger partial charge in [0, 0.05) is 5.56 Å². The molecule has 0 atom stereocenters. The van der Waals surface area contributed by atoms with Crippen LogP contribution in [0.15, 0.2) is 12.1 Å². The van der Waals surface area contributed by atoms with E-state index < -0.39 is 16.6 Å². The molecule has 0 aromatic heterocycles. The first-order chi connectivity index (χ1) is 8.01. The average molecular weight is 255 g/mol. The number of halogens is 1. The Bertz CT molecular complexity index is 522. The van der Waals surface area contributed by atoms with E-state index in [-0.39, 0.29) is 22.6 Å². The maximum absolute atomic E-state index is 11.1. The van der Waals surface area contributed by atoms with E-state index in [4.69, 9.17) is 16.9 Å². The smallest absolute Gasteiger partial charge is 0.310 e. The second kappa shape index (κ2) is 5.27. The van der Waals surface area contributed by atoms with Gasteiger partial charge in [-0.05, 0) is 6.07 Å². The fraction of sp³-hybridized carbons (Fsp3) is 0.200. The first kappa shape index (κ1) is 12.9. The zero-order valence-corrected chi connectivity index (χ0v) is 9.52. The lowest BCUT2D eigenvalue weighted by Crippen LogP contribution is -2.07. The molecule has 0 aliphatic heterocycles. The molecule has 6 nitrogen and oxygen atoms in total. The fourth-order valence-corrected chi connectivity index (χ4v) is 1.55. The molecule has 0 unspecified atom stereocenters. The van der Waals surface area contributed by atoms with E-state index in [0.717, 1.165) is 0 Å². The van der Waals surface area contributed by atoms with Gasteiger partial charge in [-0.25, -0.2) is 0 Å². The van der Waals surface area contributed by atoms with Crippen LogP contribution in [0.1, 0.15) is 11.1 Å². The Balaban J connectivity index is 3.32. The van der Waals surface area contributed by atoms with Crippen LogP contribution in [-0.2, 0) is 16.0 Å². The summed E-state index contributed by atoms with van der Waals surface area (Å²) in [5.74, 6) is -0.617. The Morgan fingerprint density at radius 2 is 2.29 bits per heavy atom. The number of methoxy groups -OCH3 is 1. The van der Waals surface area contributed by atoms with E-state index in [0.29, 0.717) is 0 Å². The van der Waals surface area contributed by atoms with Crippen LogP contribution < -0.4 is 0 Å². The largest absolute Gasteiger partial charge is 0.469 e. The Morgan fingerprint density at radius 3 is 2.76 bits per heavy atom. The molecular weight excluding hydrogens is 248 g/mol. The quantitative estimate of drug-likeness (QED) is 0.466. The number of benzene rings is 1. The molecule has 0 fully saturated rings. The zero-order valence-electron chi connectivity index (χ0n) is 8.77. The third-order valence-electron chi connectivity index (χ3n) is 2.07. The number of nitro benzene ring substituents is 1. The molecular formula is C10H7ClN2O4. The third-order valence-corrected chi connectivity index (χ3v) is 2.45. The van der Waals surface area contributed by atoms with Crippen molar-refractivity contribution in [2.45, 2.75) is 6.42 Å². The van der Waals surface area contributed by atoms with Crippen LogP contribution in [-0.4, -0.2) is 18.0 Å². The maximum Gasteiger partial charge on any atom is 0.310 e. The third kappa shape index (κ3) is 2.71. The minimum absolute atomic E-state index is 0.00742. The number of hydrogen-bond donors (Lipinski definition) is 0. The van der Waals surface area contributed by atoms with E-state index in [1.54, 1.807) is 6.07 Å². The highest BCUT2D eigenvalue weighted by Gasteiger charge is 2.23. The number of carbonyl (C=O) groups excluding carboxylic acids is 1. The van der Waals surface area contributed by atoms with E-state index in [9.17, 15) is 14.9 Å². The van der Waals surface area contributed by atoms with Gasteiger partial charge < -0.3 is 4.74 Å². The number of esters is 1. The number of nitrogens with zero attached hydrogens (tertiary/aromatic N) is 2. The summed E-state index contributed by atoms with van der Waals surface area (Å²) in [6.45, 7) is 0. The summed E-state index contributed by atoms with van der Waals surface area (Å²) in [5, 5.41) is 19.3. The highest BCUT2D eigenvalue weighted by Crippen LogP contribution is 2.31. The molecule has 0 saturated carbocycles. The molecule has 17 heavy (non-hydrogen) atoms. The minimum Gasteiger partial charge on any atom is -0.469 e. The predicted molar refractivity (Wildman–Crippen MR) is 58.5 cm³/mol. The molecule has 0 saturated heterocycles. The van der Waals surface area contributed by atoms with Gasteiger partial charge in [-0.1, -0.05) is 17.7 Å². The molecule has 0 spiro atoms. The number of nitro groups is 1. The van der Waals surface area contributed by atoms with Gasteiger partial charge in [-0.15, -0.1) is 0 Å². The summed E-state index contributed by atoms with van der Waals surface area (Å²) in [5.41, 5.74) is -0.325. The summed E-state index contributed by atoms with van der Waals surface area (Å²) in [7, 11) is 1.18. The number of rotatable bonds is 3. The van der Waals surface area contributed by atoms with E-state index in [2.05, 4.69) is 4.74 Å². The van der Waals surface area contributed by atoms with Gasteiger partial charge in [0.05, 0.1) is 24.0 Å². The van der Waals surface area contributed by atoms with Gasteiger partial charge in [-0.2, -0.15) is 5.26 Å². The monoisotopic (exact) mass is 254 g/mol. The van der Waals surface area contributed by atoms with Gasteiger partial charge in [-0.3, -0.25) is 14.9 Å². The summed E-state index contributed by atoms with van der Waals surface area (Å²) in [6, 6.07) is 4.38. The molecule has 1 aromatic carbocycles. The second-order valence-corrected chi connectivity index (χ2v) is 3.43. The Labute approximate surface area is 102 Å². The van der Waals surface area contributed by atoms with Gasteiger partial charge in [0.25, 0.3) is 5.69 Å². The Kier molecular flexibility index (Phi) is 4.01. The molecule has 0 amide bonds. The van der Waals surface area contributed by atoms with Crippen LogP contribution in [0, 0.1) is 21.4 Å². The molecule has 0 radical (unpaired) electrons. The van der Waals surface area contributed by atoms with Crippen molar-refractivity contribution in [3.63, 3.8) is 0 Å². The molecule has 0 N–H and O–H groups in total. The zero-order chi connectivity index (χ0) is 13.0. The van der Waals surface area contributed by atoms with Crippen molar-refractivity contribution in [3.8, 4) is 6.07 Å². The van der Waals surface area contributed by atoms with E-state index in [1.165, 1.54) is 19.2 Å². The van der Waals surface area contributed by atoms with E-state index >= 15 is 0 Å². The van der Waals surface area contributed by atoms with Gasteiger partial charge in [0.2, 0.25) is 0 Å². The summed E-state index contributed by atoms with van der Waals surface area (Å²) >= 11 is 5.72. The maximum atomic E-state index is 11.1. The van der Waals surface area contributed by atoms with Crippen molar-refractivity contribution in [1.29, 1.82) is 5.26 Å². The molecule has 0 heterocycles. The minimum atomic E-state index is -0.721. The first-order valence-corrected chi connectivity index (χ1v) is 4.81. The highest BCUT2D eigenvalue weighted by molar-refractivity contribution is 6.34. The highest BCUT2D eigenvalue weighted by atomic mass is 35.5. The summed E-state index contributed by atoms with van der Waals surface area (Å²) < 4.78 is 4.42. The Morgan fingerprint density at radius 1 is 1.65 bits per heavy atom. The van der Waals surface area contributed by atoms with Crippen molar-refractivity contribution in [2.75, 3.05) is 7.11 Å². The van der Waals surface area contributed by atoms with Gasteiger partial charge in [0.1, 0.15) is 11.1 Å². The number of nitriles is 1. The molecule has 88 valence electrons. The standard InChI is InChI=1S/C10H7ClN2O4/c1-17-8(14)4-6-2-3-7(5-12)9(11)10(6)13(15)16/h2-3H,4H2,1H3. The van der Waals surface area contributed by atoms with Crippen LogP contribution in [0.25, 0.3) is 0 Å². The van der Waals surface area contributed by atoms with Crippen LogP contribution in [0.3, 0.4) is 0 Å². The molecule has 0 aliphatic rings. The predicted octanol–water partition coefficient (Wildman–Crippen LogP) is 1.84. The summed E-state index contributed by atoms with van der Waals surface area (Å²) in [4.78, 5) is 21.2. The second-order valence-electron chi connectivity index (χ2n) is 3.06. The van der Waals surface area contributed by atoms with E-state index in [1.807, 2.05) is 0 Å². The molecule has 7 heteroatoms. The fourth-order valence-electron chi connectivity index (χ4n) is 1.26. The lowest BCUT2D eigenvalue weighted by molar-refractivity contribution is -0.385. The van der Waals surface area contributed by atoms with Gasteiger partial charge in [0.15, 0.2) is 0 Å². The number of hydrogen-bond acceptors (Lipinski definition) is 5.